The van der Waals surface area contributed by atoms with Crippen LogP contribution in [0.15, 0.2) is 0 Å². The van der Waals surface area contributed by atoms with Crippen LogP contribution in [-0.4, -0.2) is 43.4 Å². The van der Waals surface area contributed by atoms with Crippen molar-refractivity contribution in [2.45, 2.75) is 43.7 Å². The quantitative estimate of drug-likeness (QED) is 0.793. The summed E-state index contributed by atoms with van der Waals surface area (Å²) in [5, 5.41) is 2.93. The van der Waals surface area contributed by atoms with Crippen LogP contribution in [0.4, 0.5) is 0 Å². The SMILES string of the molecule is CC1(CNC(=O)C2(N)CCOCC2)CCCO1.Cl. The lowest BCUT2D eigenvalue weighted by molar-refractivity contribution is -0.131. The van der Waals surface area contributed by atoms with E-state index in [0.717, 1.165) is 19.4 Å². The van der Waals surface area contributed by atoms with E-state index in [-0.39, 0.29) is 23.9 Å². The fraction of sp³-hybridized carbons (Fsp3) is 0.917. The Kier molecular flexibility index (Phi) is 5.40. The van der Waals surface area contributed by atoms with Gasteiger partial charge in [-0.2, -0.15) is 0 Å². The number of carbonyl (C=O) groups is 1. The van der Waals surface area contributed by atoms with E-state index >= 15 is 0 Å². The number of hydrogen-bond donors (Lipinski definition) is 2. The third-order valence-electron chi connectivity index (χ3n) is 3.76. The number of hydrogen-bond acceptors (Lipinski definition) is 4. The fourth-order valence-corrected chi connectivity index (χ4v) is 2.38. The molecule has 0 aromatic carbocycles. The molecule has 0 spiro atoms. The van der Waals surface area contributed by atoms with Gasteiger partial charge in [-0.15, -0.1) is 12.4 Å². The molecule has 1 atom stereocenters. The molecule has 6 heteroatoms. The Morgan fingerprint density at radius 1 is 1.28 bits per heavy atom. The van der Waals surface area contributed by atoms with Gasteiger partial charge in [-0.25, -0.2) is 0 Å². The first kappa shape index (κ1) is 15.7. The second kappa shape index (κ2) is 6.19. The third-order valence-corrected chi connectivity index (χ3v) is 3.76. The molecule has 1 unspecified atom stereocenters. The van der Waals surface area contributed by atoms with Crippen LogP contribution in [0, 0.1) is 0 Å². The molecular weight excluding hydrogens is 256 g/mol. The zero-order chi connectivity index (χ0) is 12.4. The molecule has 0 radical (unpaired) electrons. The minimum absolute atomic E-state index is 0. The summed E-state index contributed by atoms with van der Waals surface area (Å²) < 4.78 is 10.9. The first-order valence-corrected chi connectivity index (χ1v) is 6.33. The van der Waals surface area contributed by atoms with Gasteiger partial charge in [0.1, 0.15) is 0 Å². The van der Waals surface area contributed by atoms with Gasteiger partial charge >= 0.3 is 0 Å². The highest BCUT2D eigenvalue weighted by atomic mass is 35.5. The van der Waals surface area contributed by atoms with Crippen LogP contribution in [-0.2, 0) is 14.3 Å². The van der Waals surface area contributed by atoms with Crippen molar-refractivity contribution >= 4 is 18.3 Å². The Balaban J connectivity index is 0.00000162. The predicted octanol–water partition coefficient (Wildman–Crippen LogP) is 0.601. The number of carbonyl (C=O) groups excluding carboxylic acids is 1. The summed E-state index contributed by atoms with van der Waals surface area (Å²) in [6.07, 6.45) is 3.24. The Morgan fingerprint density at radius 2 is 1.94 bits per heavy atom. The summed E-state index contributed by atoms with van der Waals surface area (Å²) in [6.45, 7) is 4.50. The smallest absolute Gasteiger partial charge is 0.240 e. The van der Waals surface area contributed by atoms with Gasteiger partial charge in [-0.05, 0) is 32.6 Å². The molecule has 3 N–H and O–H groups in total. The Bertz CT molecular complexity index is 287. The van der Waals surface area contributed by atoms with Crippen LogP contribution in [0.5, 0.6) is 0 Å². The van der Waals surface area contributed by atoms with Crippen molar-refractivity contribution in [3.63, 3.8) is 0 Å². The fourth-order valence-electron chi connectivity index (χ4n) is 2.38. The molecule has 2 saturated heterocycles. The lowest BCUT2D eigenvalue weighted by Gasteiger charge is -2.33. The zero-order valence-electron chi connectivity index (χ0n) is 10.9. The average molecular weight is 279 g/mol. The highest BCUT2D eigenvalue weighted by Gasteiger charge is 2.37. The standard InChI is InChI=1S/C12H22N2O3.ClH/c1-11(3-2-6-17-11)9-14-10(15)12(13)4-7-16-8-5-12;/h2-9,13H2,1H3,(H,14,15);1H. The summed E-state index contributed by atoms with van der Waals surface area (Å²) in [4.78, 5) is 12.1. The van der Waals surface area contributed by atoms with Crippen molar-refractivity contribution in [3.8, 4) is 0 Å². The van der Waals surface area contributed by atoms with Crippen molar-refractivity contribution in [3.05, 3.63) is 0 Å². The first-order valence-electron chi connectivity index (χ1n) is 6.33. The van der Waals surface area contributed by atoms with Gasteiger partial charge < -0.3 is 20.5 Å². The van der Waals surface area contributed by atoms with Gasteiger partial charge in [0.25, 0.3) is 0 Å². The zero-order valence-corrected chi connectivity index (χ0v) is 11.7. The Hall–Kier alpha value is -0.360. The van der Waals surface area contributed by atoms with Crippen molar-refractivity contribution in [2.75, 3.05) is 26.4 Å². The Morgan fingerprint density at radius 3 is 2.50 bits per heavy atom. The van der Waals surface area contributed by atoms with Crippen molar-refractivity contribution in [1.29, 1.82) is 0 Å². The molecule has 1 amide bonds. The number of nitrogens with two attached hydrogens (primary N) is 1. The van der Waals surface area contributed by atoms with E-state index in [1.807, 2.05) is 6.92 Å². The van der Waals surface area contributed by atoms with E-state index < -0.39 is 5.54 Å². The van der Waals surface area contributed by atoms with Crippen LogP contribution in [0.2, 0.25) is 0 Å². The maximum atomic E-state index is 12.1. The molecular formula is C12H23ClN2O3. The lowest BCUT2D eigenvalue weighted by atomic mass is 9.90. The maximum Gasteiger partial charge on any atom is 0.240 e. The van der Waals surface area contributed by atoms with Crippen LogP contribution in [0.3, 0.4) is 0 Å². The van der Waals surface area contributed by atoms with Crippen LogP contribution in [0.1, 0.15) is 32.6 Å². The summed E-state index contributed by atoms with van der Waals surface area (Å²) >= 11 is 0. The summed E-state index contributed by atoms with van der Waals surface area (Å²) in [5.74, 6) is -0.0717. The van der Waals surface area contributed by atoms with Crippen LogP contribution in [0.25, 0.3) is 0 Å². The molecule has 2 heterocycles. The number of rotatable bonds is 3. The molecule has 2 aliphatic rings. The normalized spacial score (nSPS) is 30.6. The minimum atomic E-state index is -0.757. The van der Waals surface area contributed by atoms with E-state index in [2.05, 4.69) is 5.32 Å². The van der Waals surface area contributed by atoms with E-state index in [0.29, 0.717) is 32.6 Å². The van der Waals surface area contributed by atoms with Gasteiger partial charge in [-0.3, -0.25) is 4.79 Å². The molecule has 2 fully saturated rings. The predicted molar refractivity (Wildman–Crippen MR) is 70.8 cm³/mol. The van der Waals surface area contributed by atoms with Gasteiger partial charge in [0.15, 0.2) is 0 Å². The molecule has 2 aliphatic heterocycles. The molecule has 106 valence electrons. The van der Waals surface area contributed by atoms with E-state index in [9.17, 15) is 4.79 Å². The second-order valence-electron chi connectivity index (χ2n) is 5.35. The van der Waals surface area contributed by atoms with Crippen molar-refractivity contribution in [1.82, 2.24) is 5.32 Å². The molecule has 2 rings (SSSR count). The van der Waals surface area contributed by atoms with Crippen LogP contribution < -0.4 is 11.1 Å². The Labute approximate surface area is 114 Å². The van der Waals surface area contributed by atoms with E-state index in [1.54, 1.807) is 0 Å². The first-order chi connectivity index (χ1) is 8.04. The second-order valence-corrected chi connectivity index (χ2v) is 5.35. The summed E-state index contributed by atoms with van der Waals surface area (Å²) in [5.41, 5.74) is 5.13. The number of amides is 1. The number of ether oxygens (including phenoxy) is 2. The molecule has 0 saturated carbocycles. The van der Waals surface area contributed by atoms with Gasteiger partial charge in [0.2, 0.25) is 5.91 Å². The van der Waals surface area contributed by atoms with Gasteiger partial charge in [-0.1, -0.05) is 0 Å². The molecule has 0 bridgehead atoms. The minimum Gasteiger partial charge on any atom is -0.381 e. The molecule has 0 aromatic heterocycles. The largest absolute Gasteiger partial charge is 0.381 e. The van der Waals surface area contributed by atoms with E-state index in [1.165, 1.54) is 0 Å². The van der Waals surface area contributed by atoms with Gasteiger partial charge in [0.05, 0.1) is 11.1 Å². The highest BCUT2D eigenvalue weighted by molar-refractivity contribution is 5.86. The molecule has 18 heavy (non-hydrogen) atoms. The summed E-state index contributed by atoms with van der Waals surface area (Å²) in [7, 11) is 0. The average Bonchev–Trinajstić information content (AvgIpc) is 2.75. The molecule has 0 aromatic rings. The number of halogens is 1. The highest BCUT2D eigenvalue weighted by Crippen LogP contribution is 2.24. The van der Waals surface area contributed by atoms with Crippen molar-refractivity contribution < 1.29 is 14.3 Å². The molecule has 5 nitrogen and oxygen atoms in total. The molecule has 0 aliphatic carbocycles. The monoisotopic (exact) mass is 278 g/mol. The lowest BCUT2D eigenvalue weighted by Crippen LogP contribution is -2.58. The number of nitrogens with one attached hydrogen (secondary N) is 1. The summed E-state index contributed by atoms with van der Waals surface area (Å²) in [6, 6.07) is 0. The topological polar surface area (TPSA) is 73.6 Å². The maximum absolute atomic E-state index is 12.1. The van der Waals surface area contributed by atoms with E-state index in [4.69, 9.17) is 15.2 Å². The third kappa shape index (κ3) is 3.57. The van der Waals surface area contributed by atoms with Crippen molar-refractivity contribution in [2.24, 2.45) is 5.73 Å². The van der Waals surface area contributed by atoms with Gasteiger partial charge in [0, 0.05) is 26.4 Å². The van der Waals surface area contributed by atoms with Crippen LogP contribution >= 0.6 is 12.4 Å².